The van der Waals surface area contributed by atoms with Gasteiger partial charge in [-0.05, 0) is 13.0 Å². The van der Waals surface area contributed by atoms with Crippen LogP contribution in [0.15, 0.2) is 11.2 Å². The Morgan fingerprint density at radius 3 is 2.80 bits per heavy atom. The van der Waals surface area contributed by atoms with E-state index >= 15 is 0 Å². The molecule has 0 amide bonds. The monoisotopic (exact) mass is 304 g/mol. The van der Waals surface area contributed by atoms with E-state index in [-0.39, 0.29) is 5.03 Å². The molecule has 0 atom stereocenters. The zero-order valence-electron chi connectivity index (χ0n) is 12.3. The first-order chi connectivity index (χ1) is 9.57. The van der Waals surface area contributed by atoms with Gasteiger partial charge in [-0.1, -0.05) is 13.8 Å². The second-order valence-electron chi connectivity index (χ2n) is 4.39. The molecule has 0 spiro atoms. The molecule has 0 fully saturated rings. The van der Waals surface area contributed by atoms with Crippen LogP contribution in [0.25, 0.3) is 0 Å². The van der Waals surface area contributed by atoms with Gasteiger partial charge in [0, 0.05) is 32.3 Å². The van der Waals surface area contributed by atoms with E-state index in [1.807, 2.05) is 0 Å². The fraction of sp³-hybridized carbons (Fsp3) is 0.750. The van der Waals surface area contributed by atoms with E-state index in [9.17, 15) is 8.42 Å². The number of nitrogens with zero attached hydrogens (tertiary/aromatic N) is 2. The van der Waals surface area contributed by atoms with Crippen LogP contribution in [0.1, 0.15) is 25.8 Å². The van der Waals surface area contributed by atoms with Crippen molar-refractivity contribution in [3.05, 3.63) is 11.8 Å². The molecule has 0 aliphatic carbocycles. The molecule has 20 heavy (non-hydrogen) atoms. The Morgan fingerprint density at radius 1 is 1.45 bits per heavy atom. The third kappa shape index (κ3) is 4.27. The average molecular weight is 304 g/mol. The van der Waals surface area contributed by atoms with Gasteiger partial charge in [0.25, 0.3) is 10.0 Å². The molecule has 0 saturated carbocycles. The predicted molar refractivity (Wildman–Crippen MR) is 76.9 cm³/mol. The van der Waals surface area contributed by atoms with Crippen LogP contribution in [0.2, 0.25) is 0 Å². The molecular weight excluding hydrogens is 280 g/mol. The minimum atomic E-state index is -3.55. The van der Waals surface area contributed by atoms with Crippen molar-refractivity contribution < 1.29 is 13.2 Å². The van der Waals surface area contributed by atoms with E-state index < -0.39 is 10.0 Å². The molecule has 0 bridgehead atoms. The molecule has 0 aliphatic rings. The minimum absolute atomic E-state index is 0.166. The molecule has 0 aliphatic heterocycles. The normalized spacial score (nSPS) is 12.2. The third-order valence-corrected chi connectivity index (χ3v) is 4.91. The molecule has 0 saturated heterocycles. The Bertz CT molecular complexity index is 487. The molecule has 1 aromatic rings. The number of ether oxygens (including phenoxy) is 1. The van der Waals surface area contributed by atoms with E-state index in [4.69, 9.17) is 4.74 Å². The summed E-state index contributed by atoms with van der Waals surface area (Å²) in [5, 5.41) is 9.81. The van der Waals surface area contributed by atoms with E-state index in [1.165, 1.54) is 4.31 Å². The Labute approximate surface area is 120 Å². The van der Waals surface area contributed by atoms with Gasteiger partial charge in [-0.25, -0.2) is 8.42 Å². The molecule has 0 aromatic carbocycles. The number of hydrogen-bond acceptors (Lipinski definition) is 5. The molecule has 1 aromatic heterocycles. The molecule has 2 N–H and O–H groups in total. The summed E-state index contributed by atoms with van der Waals surface area (Å²) in [5.41, 5.74) is 0.661. The van der Waals surface area contributed by atoms with Gasteiger partial charge < -0.3 is 10.1 Å². The van der Waals surface area contributed by atoms with E-state index in [2.05, 4.69) is 22.4 Å². The average Bonchev–Trinajstić information content (AvgIpc) is 2.89. The van der Waals surface area contributed by atoms with Gasteiger partial charge >= 0.3 is 0 Å². The molecule has 0 radical (unpaired) electrons. The van der Waals surface area contributed by atoms with Crippen molar-refractivity contribution in [3.63, 3.8) is 0 Å². The van der Waals surface area contributed by atoms with Gasteiger partial charge in [-0.15, -0.1) is 0 Å². The molecular formula is C12H24N4O3S. The van der Waals surface area contributed by atoms with Crippen LogP contribution >= 0.6 is 0 Å². The van der Waals surface area contributed by atoms with Crippen molar-refractivity contribution >= 4 is 10.0 Å². The quantitative estimate of drug-likeness (QED) is 0.617. The van der Waals surface area contributed by atoms with Crippen LogP contribution < -0.4 is 5.32 Å². The summed E-state index contributed by atoms with van der Waals surface area (Å²) >= 11 is 0. The van der Waals surface area contributed by atoms with E-state index in [0.717, 1.165) is 13.0 Å². The van der Waals surface area contributed by atoms with Crippen LogP contribution in [-0.4, -0.2) is 56.3 Å². The maximum absolute atomic E-state index is 12.6. The zero-order valence-corrected chi connectivity index (χ0v) is 13.2. The van der Waals surface area contributed by atoms with Gasteiger partial charge in [0.15, 0.2) is 5.03 Å². The summed E-state index contributed by atoms with van der Waals surface area (Å²) in [5.74, 6) is 0. The Hall–Kier alpha value is -0.960. The minimum Gasteiger partial charge on any atom is -0.383 e. The number of sulfonamides is 1. The highest BCUT2D eigenvalue weighted by molar-refractivity contribution is 7.89. The lowest BCUT2D eigenvalue weighted by molar-refractivity contribution is 0.180. The first-order valence-corrected chi connectivity index (χ1v) is 8.23. The second-order valence-corrected chi connectivity index (χ2v) is 6.27. The van der Waals surface area contributed by atoms with Gasteiger partial charge in [0.2, 0.25) is 0 Å². The maximum atomic E-state index is 12.6. The van der Waals surface area contributed by atoms with Crippen molar-refractivity contribution in [1.82, 2.24) is 19.8 Å². The number of aromatic nitrogens is 2. The smallest absolute Gasteiger partial charge is 0.260 e. The van der Waals surface area contributed by atoms with Gasteiger partial charge in [0.1, 0.15) is 0 Å². The van der Waals surface area contributed by atoms with Crippen LogP contribution in [0.3, 0.4) is 0 Å². The van der Waals surface area contributed by atoms with Crippen molar-refractivity contribution in [2.24, 2.45) is 0 Å². The van der Waals surface area contributed by atoms with E-state index in [1.54, 1.807) is 20.2 Å². The zero-order chi connectivity index (χ0) is 15.0. The van der Waals surface area contributed by atoms with Crippen molar-refractivity contribution in [2.75, 3.05) is 33.4 Å². The highest BCUT2D eigenvalue weighted by Crippen LogP contribution is 2.17. The second kappa shape index (κ2) is 8.35. The number of methoxy groups -OCH3 is 1. The van der Waals surface area contributed by atoms with Gasteiger partial charge in [0.05, 0.1) is 12.8 Å². The Kier molecular flexibility index (Phi) is 7.14. The number of nitrogens with one attached hydrogen (secondary N) is 2. The van der Waals surface area contributed by atoms with Gasteiger partial charge in [-0.2, -0.15) is 9.40 Å². The van der Waals surface area contributed by atoms with Crippen LogP contribution in [-0.2, 0) is 21.3 Å². The number of rotatable bonds is 10. The highest BCUT2D eigenvalue weighted by atomic mass is 32.2. The number of hydrogen-bond donors (Lipinski definition) is 2. The fourth-order valence-electron chi connectivity index (χ4n) is 1.82. The van der Waals surface area contributed by atoms with Crippen LogP contribution in [0.5, 0.6) is 0 Å². The maximum Gasteiger partial charge on any atom is 0.260 e. The van der Waals surface area contributed by atoms with Crippen molar-refractivity contribution in [2.45, 2.75) is 31.8 Å². The number of aromatic amines is 1. The lowest BCUT2D eigenvalue weighted by Crippen LogP contribution is -2.34. The topological polar surface area (TPSA) is 87.3 Å². The summed E-state index contributed by atoms with van der Waals surface area (Å²) < 4.78 is 31.4. The first-order valence-electron chi connectivity index (χ1n) is 6.79. The molecule has 1 rings (SSSR count). The van der Waals surface area contributed by atoms with Crippen molar-refractivity contribution in [3.8, 4) is 0 Å². The van der Waals surface area contributed by atoms with E-state index in [0.29, 0.717) is 31.8 Å². The Balaban J connectivity index is 2.88. The molecule has 116 valence electrons. The van der Waals surface area contributed by atoms with Crippen LogP contribution in [0, 0.1) is 0 Å². The summed E-state index contributed by atoms with van der Waals surface area (Å²) in [6, 6.07) is 0. The lowest BCUT2D eigenvalue weighted by Gasteiger charge is -2.19. The van der Waals surface area contributed by atoms with Gasteiger partial charge in [-0.3, -0.25) is 5.10 Å². The molecule has 0 unspecified atom stereocenters. The third-order valence-electron chi connectivity index (χ3n) is 2.92. The molecule has 1 heterocycles. The number of likely N-dealkylation sites (N-methyl/N-ethyl adjacent to an activating group) is 1. The summed E-state index contributed by atoms with van der Waals surface area (Å²) in [7, 11) is -2.00. The standard InChI is InChI=1S/C12H24N4O3S/c1-4-6-13-9-11-10-14-15-12(11)20(17,18)16(5-2)7-8-19-3/h10,13H,4-9H2,1-3H3,(H,14,15). The molecule has 7 nitrogen and oxygen atoms in total. The Morgan fingerprint density at radius 2 is 2.20 bits per heavy atom. The SMILES string of the molecule is CCCNCc1cn[nH]c1S(=O)(=O)N(CC)CCOC. The first kappa shape index (κ1) is 17.1. The fourth-order valence-corrected chi connectivity index (χ4v) is 3.36. The summed E-state index contributed by atoms with van der Waals surface area (Å²) in [6.07, 6.45) is 2.55. The summed E-state index contributed by atoms with van der Waals surface area (Å²) in [6.45, 7) is 6.28. The lowest BCUT2D eigenvalue weighted by atomic mass is 10.3. The van der Waals surface area contributed by atoms with Crippen molar-refractivity contribution in [1.29, 1.82) is 0 Å². The molecule has 8 heteroatoms. The largest absolute Gasteiger partial charge is 0.383 e. The predicted octanol–water partition coefficient (Wildman–Crippen LogP) is 0.566. The van der Waals surface area contributed by atoms with Crippen LogP contribution in [0.4, 0.5) is 0 Å². The highest BCUT2D eigenvalue weighted by Gasteiger charge is 2.27. The number of H-pyrrole nitrogens is 1. The summed E-state index contributed by atoms with van der Waals surface area (Å²) in [4.78, 5) is 0.